The fraction of sp³-hybridized carbons (Fsp3) is 0.217. The lowest BCUT2D eigenvalue weighted by Crippen LogP contribution is -2.27. The van der Waals surface area contributed by atoms with Gasteiger partial charge in [-0.15, -0.1) is 0 Å². The third-order valence-electron chi connectivity index (χ3n) is 4.34. The van der Waals surface area contributed by atoms with Gasteiger partial charge in [-0.25, -0.2) is 0 Å². The normalized spacial score (nSPS) is 10.3. The summed E-state index contributed by atoms with van der Waals surface area (Å²) in [7, 11) is 0. The smallest absolute Gasteiger partial charge is 0.286 e. The van der Waals surface area contributed by atoms with Gasteiger partial charge >= 0.3 is 0 Å². The summed E-state index contributed by atoms with van der Waals surface area (Å²) in [5.41, 5.74) is 2.05. The maximum Gasteiger partial charge on any atom is 0.286 e. The molecule has 0 atom stereocenters. The topological polar surface area (TPSA) is 80.6 Å². The Morgan fingerprint density at radius 1 is 0.862 bits per heavy atom. The second-order valence-corrected chi connectivity index (χ2v) is 6.48. The molecule has 0 unspecified atom stereocenters. The van der Waals surface area contributed by atoms with E-state index in [4.69, 9.17) is 9.15 Å². The van der Waals surface area contributed by atoms with E-state index in [0.717, 1.165) is 16.9 Å². The third-order valence-corrected chi connectivity index (χ3v) is 4.34. The molecule has 150 valence electrons. The van der Waals surface area contributed by atoms with Crippen molar-refractivity contribution < 1.29 is 18.7 Å². The van der Waals surface area contributed by atoms with Crippen molar-refractivity contribution in [1.82, 2.24) is 10.6 Å². The van der Waals surface area contributed by atoms with Gasteiger partial charge in [-0.2, -0.15) is 0 Å². The Bertz CT molecular complexity index is 908. The largest absolute Gasteiger partial charge is 0.489 e. The van der Waals surface area contributed by atoms with Crippen LogP contribution in [0, 0.1) is 0 Å². The number of benzene rings is 2. The molecule has 0 fully saturated rings. The molecule has 2 amide bonds. The number of nitrogens with one attached hydrogen (secondary N) is 2. The molecule has 0 aliphatic rings. The summed E-state index contributed by atoms with van der Waals surface area (Å²) in [4.78, 5) is 23.9. The van der Waals surface area contributed by atoms with Gasteiger partial charge < -0.3 is 19.8 Å². The molecule has 3 aromatic rings. The molecule has 3 rings (SSSR count). The van der Waals surface area contributed by atoms with Crippen LogP contribution in [0.1, 0.15) is 34.5 Å². The van der Waals surface area contributed by atoms with Gasteiger partial charge in [0.25, 0.3) is 5.91 Å². The third kappa shape index (κ3) is 6.53. The van der Waals surface area contributed by atoms with Crippen molar-refractivity contribution in [3.8, 4) is 5.75 Å². The zero-order chi connectivity index (χ0) is 20.3. The number of para-hydroxylation sites is 1. The molecule has 0 spiro atoms. The van der Waals surface area contributed by atoms with Crippen LogP contribution in [-0.4, -0.2) is 18.4 Å². The highest BCUT2D eigenvalue weighted by Crippen LogP contribution is 2.14. The van der Waals surface area contributed by atoms with Crippen molar-refractivity contribution in [2.24, 2.45) is 0 Å². The van der Waals surface area contributed by atoms with Crippen LogP contribution >= 0.6 is 0 Å². The van der Waals surface area contributed by atoms with Crippen molar-refractivity contribution >= 4 is 11.8 Å². The molecule has 0 radical (unpaired) electrons. The van der Waals surface area contributed by atoms with Gasteiger partial charge in [0.15, 0.2) is 5.76 Å². The van der Waals surface area contributed by atoms with Crippen LogP contribution in [0.4, 0.5) is 0 Å². The maximum absolute atomic E-state index is 12.1. The van der Waals surface area contributed by atoms with Gasteiger partial charge in [0.1, 0.15) is 12.4 Å². The zero-order valence-electron chi connectivity index (χ0n) is 16.1. The number of ether oxygens (including phenoxy) is 1. The Balaban J connectivity index is 1.39. The molecule has 1 heterocycles. The number of carbonyl (C=O) groups excluding carboxylic acids is 2. The molecule has 1 aromatic heterocycles. The second-order valence-electron chi connectivity index (χ2n) is 6.48. The summed E-state index contributed by atoms with van der Waals surface area (Å²) in [5, 5.41) is 5.65. The average molecular weight is 392 g/mol. The van der Waals surface area contributed by atoms with Gasteiger partial charge in [0, 0.05) is 19.5 Å². The molecule has 0 saturated carbocycles. The molecule has 0 saturated heterocycles. The first-order valence-corrected chi connectivity index (χ1v) is 9.55. The first kappa shape index (κ1) is 20.2. The Labute approximate surface area is 169 Å². The van der Waals surface area contributed by atoms with Gasteiger partial charge in [-0.1, -0.05) is 42.5 Å². The van der Waals surface area contributed by atoms with Gasteiger partial charge in [0.2, 0.25) is 5.91 Å². The Morgan fingerprint density at radius 3 is 2.38 bits per heavy atom. The lowest BCUT2D eigenvalue weighted by molar-refractivity contribution is -0.121. The molecule has 2 aromatic carbocycles. The van der Waals surface area contributed by atoms with E-state index in [1.807, 2.05) is 54.6 Å². The maximum atomic E-state index is 12.1. The summed E-state index contributed by atoms with van der Waals surface area (Å²) in [5.74, 6) is 0.741. The van der Waals surface area contributed by atoms with Gasteiger partial charge in [0.05, 0.1) is 6.26 Å². The monoisotopic (exact) mass is 392 g/mol. The molecule has 0 aliphatic carbocycles. The van der Waals surface area contributed by atoms with E-state index in [9.17, 15) is 9.59 Å². The van der Waals surface area contributed by atoms with Crippen molar-refractivity contribution in [2.75, 3.05) is 6.54 Å². The van der Waals surface area contributed by atoms with E-state index < -0.39 is 0 Å². The van der Waals surface area contributed by atoms with Crippen LogP contribution in [0.15, 0.2) is 77.4 Å². The minimum absolute atomic E-state index is 0.0592. The van der Waals surface area contributed by atoms with E-state index in [1.165, 1.54) is 6.26 Å². The van der Waals surface area contributed by atoms with E-state index >= 15 is 0 Å². The van der Waals surface area contributed by atoms with Gasteiger partial charge in [-0.3, -0.25) is 9.59 Å². The van der Waals surface area contributed by atoms with Crippen molar-refractivity contribution in [3.05, 3.63) is 89.9 Å². The number of hydrogen-bond acceptors (Lipinski definition) is 4. The fourth-order valence-corrected chi connectivity index (χ4v) is 2.78. The van der Waals surface area contributed by atoms with Gasteiger partial charge in [-0.05, 0) is 41.8 Å². The first-order chi connectivity index (χ1) is 14.2. The summed E-state index contributed by atoms with van der Waals surface area (Å²) < 4.78 is 10.8. The molecule has 6 heteroatoms. The van der Waals surface area contributed by atoms with Crippen LogP contribution < -0.4 is 15.4 Å². The fourth-order valence-electron chi connectivity index (χ4n) is 2.78. The molecular formula is C23H24N2O4. The van der Waals surface area contributed by atoms with Crippen LogP contribution in [0.3, 0.4) is 0 Å². The Morgan fingerprint density at radius 2 is 1.62 bits per heavy atom. The molecule has 2 N–H and O–H groups in total. The lowest BCUT2D eigenvalue weighted by Gasteiger charge is -2.12. The SMILES string of the molecule is O=C(CCCNC(=O)c1ccco1)NCc1ccccc1COc1ccccc1. The van der Waals surface area contributed by atoms with E-state index in [0.29, 0.717) is 32.5 Å². The van der Waals surface area contributed by atoms with E-state index in [-0.39, 0.29) is 17.6 Å². The summed E-state index contributed by atoms with van der Waals surface area (Å²) in [6.45, 7) is 1.29. The van der Waals surface area contributed by atoms with Crippen LogP contribution in [0.2, 0.25) is 0 Å². The number of amides is 2. The Hall–Kier alpha value is -3.54. The lowest BCUT2D eigenvalue weighted by atomic mass is 10.1. The van der Waals surface area contributed by atoms with Crippen molar-refractivity contribution in [2.45, 2.75) is 26.0 Å². The predicted molar refractivity (Wildman–Crippen MR) is 109 cm³/mol. The predicted octanol–water partition coefficient (Wildman–Crippen LogP) is 3.69. The molecule has 0 aliphatic heterocycles. The molecular weight excluding hydrogens is 368 g/mol. The van der Waals surface area contributed by atoms with Crippen LogP contribution in [-0.2, 0) is 17.9 Å². The standard InChI is InChI=1S/C23H24N2O4/c26-22(13-6-14-24-23(27)21-12-7-15-28-21)25-16-18-8-4-5-9-19(18)17-29-20-10-2-1-3-11-20/h1-5,7-12,15H,6,13-14,16-17H2,(H,24,27)(H,25,26). The zero-order valence-corrected chi connectivity index (χ0v) is 16.1. The second kappa shape index (κ2) is 10.7. The Kier molecular flexibility index (Phi) is 7.46. The number of hydrogen-bond donors (Lipinski definition) is 2. The van der Waals surface area contributed by atoms with Crippen molar-refractivity contribution in [1.29, 1.82) is 0 Å². The van der Waals surface area contributed by atoms with E-state index in [1.54, 1.807) is 12.1 Å². The van der Waals surface area contributed by atoms with E-state index in [2.05, 4.69) is 10.6 Å². The highest BCUT2D eigenvalue weighted by atomic mass is 16.5. The number of rotatable bonds is 10. The molecule has 29 heavy (non-hydrogen) atoms. The highest BCUT2D eigenvalue weighted by molar-refractivity contribution is 5.91. The first-order valence-electron chi connectivity index (χ1n) is 9.55. The number of carbonyl (C=O) groups is 2. The summed E-state index contributed by atoms with van der Waals surface area (Å²) in [6, 6.07) is 20.8. The number of furan rings is 1. The summed E-state index contributed by atoms with van der Waals surface area (Å²) in [6.07, 6.45) is 2.34. The van der Waals surface area contributed by atoms with Crippen LogP contribution in [0.5, 0.6) is 5.75 Å². The van der Waals surface area contributed by atoms with Crippen molar-refractivity contribution in [3.63, 3.8) is 0 Å². The van der Waals surface area contributed by atoms with Crippen LogP contribution in [0.25, 0.3) is 0 Å². The molecule has 6 nitrogen and oxygen atoms in total. The minimum atomic E-state index is -0.275. The average Bonchev–Trinajstić information content (AvgIpc) is 3.30. The summed E-state index contributed by atoms with van der Waals surface area (Å²) >= 11 is 0. The minimum Gasteiger partial charge on any atom is -0.489 e. The molecule has 0 bridgehead atoms. The quantitative estimate of drug-likeness (QED) is 0.516. The highest BCUT2D eigenvalue weighted by Gasteiger charge is 2.09.